The smallest absolute Gasteiger partial charge is 0.265 e. The average molecular weight is 297 g/mol. The quantitative estimate of drug-likeness (QED) is 0.820. The van der Waals surface area contributed by atoms with Gasteiger partial charge in [-0.3, -0.25) is 4.79 Å². The Morgan fingerprint density at radius 3 is 2.85 bits per heavy atom. The third-order valence-electron chi connectivity index (χ3n) is 4.16. The van der Waals surface area contributed by atoms with Gasteiger partial charge in [-0.25, -0.2) is 0 Å². The Bertz CT molecular complexity index is 473. The average Bonchev–Trinajstić information content (AvgIpc) is 2.83. The molecule has 5 nitrogen and oxygen atoms in total. The molecule has 0 aromatic carbocycles. The number of nitrogens with zero attached hydrogens (tertiary/aromatic N) is 2. The molecule has 1 aromatic rings. The Labute approximate surface area is 124 Å². The van der Waals surface area contributed by atoms with Gasteiger partial charge in [-0.1, -0.05) is 31.7 Å². The van der Waals surface area contributed by atoms with Crippen LogP contribution in [0.2, 0.25) is 0 Å². The van der Waals surface area contributed by atoms with Crippen molar-refractivity contribution in [3.63, 3.8) is 0 Å². The van der Waals surface area contributed by atoms with Crippen LogP contribution in [0.3, 0.4) is 0 Å². The molecule has 2 rings (SSSR count). The molecule has 1 heterocycles. The number of hydrogen-bond donors (Lipinski definition) is 1. The minimum atomic E-state index is -0.0671. The number of aryl methyl sites for hydroxylation is 1. The monoisotopic (exact) mass is 297 g/mol. The van der Waals surface area contributed by atoms with E-state index < -0.39 is 0 Å². The molecule has 2 atom stereocenters. The molecule has 20 heavy (non-hydrogen) atoms. The van der Waals surface area contributed by atoms with Gasteiger partial charge in [0.1, 0.15) is 4.88 Å². The molecule has 1 N–H and O–H groups in total. The molecule has 1 fully saturated rings. The Balaban J connectivity index is 1.86. The summed E-state index contributed by atoms with van der Waals surface area (Å²) in [4.78, 5) is 12.8. The van der Waals surface area contributed by atoms with Gasteiger partial charge in [0, 0.05) is 18.1 Å². The van der Waals surface area contributed by atoms with Crippen molar-refractivity contribution in [3.05, 3.63) is 10.6 Å². The van der Waals surface area contributed by atoms with E-state index in [2.05, 4.69) is 35.7 Å². The fourth-order valence-corrected chi connectivity index (χ4v) is 3.01. The van der Waals surface area contributed by atoms with Gasteiger partial charge in [-0.05, 0) is 31.3 Å². The lowest BCUT2D eigenvalue weighted by atomic mass is 9.64. The zero-order valence-corrected chi connectivity index (χ0v) is 13.4. The fourth-order valence-electron chi connectivity index (χ4n) is 2.45. The van der Waals surface area contributed by atoms with Crippen LogP contribution in [0.25, 0.3) is 0 Å². The van der Waals surface area contributed by atoms with E-state index in [4.69, 9.17) is 4.74 Å². The fraction of sp³-hybridized carbons (Fsp3) is 0.786. The standard InChI is InChI=1S/C14H23N3O2S/c1-5-6-7-19-11-8-10(14(11,3)4)15-13(18)12-9(2)16-17-20-12/h10-11H,5-8H2,1-4H3,(H,15,18)/t10-,11-/m0/s1. The second-order valence-electron chi connectivity index (χ2n) is 5.98. The van der Waals surface area contributed by atoms with Crippen LogP contribution in [-0.2, 0) is 4.74 Å². The van der Waals surface area contributed by atoms with Crippen LogP contribution in [0, 0.1) is 12.3 Å². The molecule has 1 saturated carbocycles. The van der Waals surface area contributed by atoms with Crippen molar-refractivity contribution in [3.8, 4) is 0 Å². The number of rotatable bonds is 6. The largest absolute Gasteiger partial charge is 0.378 e. The van der Waals surface area contributed by atoms with E-state index in [1.54, 1.807) is 6.92 Å². The highest BCUT2D eigenvalue weighted by molar-refractivity contribution is 7.08. The number of carbonyl (C=O) groups excluding carboxylic acids is 1. The van der Waals surface area contributed by atoms with Crippen molar-refractivity contribution >= 4 is 17.4 Å². The van der Waals surface area contributed by atoms with Crippen LogP contribution in [0.1, 0.15) is 55.4 Å². The van der Waals surface area contributed by atoms with E-state index in [1.807, 2.05) is 0 Å². The van der Waals surface area contributed by atoms with Crippen molar-refractivity contribution in [1.82, 2.24) is 14.9 Å². The lowest BCUT2D eigenvalue weighted by Gasteiger charge is -2.51. The van der Waals surface area contributed by atoms with E-state index in [9.17, 15) is 4.79 Å². The molecule has 0 spiro atoms. The van der Waals surface area contributed by atoms with Crippen LogP contribution in [-0.4, -0.2) is 34.2 Å². The first kappa shape index (κ1) is 15.4. The second kappa shape index (κ2) is 6.18. The van der Waals surface area contributed by atoms with Crippen molar-refractivity contribution in [2.75, 3.05) is 6.61 Å². The van der Waals surface area contributed by atoms with Crippen LogP contribution in [0.4, 0.5) is 0 Å². The van der Waals surface area contributed by atoms with E-state index >= 15 is 0 Å². The maximum atomic E-state index is 12.2. The summed E-state index contributed by atoms with van der Waals surface area (Å²) < 4.78 is 9.69. The normalized spacial score (nSPS) is 24.2. The molecule has 0 unspecified atom stereocenters. The predicted octanol–water partition coefficient (Wildman–Crippen LogP) is 2.56. The van der Waals surface area contributed by atoms with Gasteiger partial charge >= 0.3 is 0 Å². The number of hydrogen-bond acceptors (Lipinski definition) is 5. The molecule has 0 saturated heterocycles. The van der Waals surface area contributed by atoms with E-state index in [0.29, 0.717) is 10.6 Å². The van der Waals surface area contributed by atoms with Crippen molar-refractivity contribution in [2.24, 2.45) is 5.41 Å². The van der Waals surface area contributed by atoms with Crippen LogP contribution >= 0.6 is 11.5 Å². The third-order valence-corrected chi connectivity index (χ3v) is 4.98. The van der Waals surface area contributed by atoms with Gasteiger partial charge in [-0.15, -0.1) is 5.10 Å². The van der Waals surface area contributed by atoms with Gasteiger partial charge in [0.15, 0.2) is 0 Å². The van der Waals surface area contributed by atoms with Crippen LogP contribution in [0.15, 0.2) is 0 Å². The Kier molecular flexibility index (Phi) is 4.75. The number of aromatic nitrogens is 2. The summed E-state index contributed by atoms with van der Waals surface area (Å²) in [5, 5.41) is 6.95. The van der Waals surface area contributed by atoms with Crippen LogP contribution < -0.4 is 5.32 Å². The van der Waals surface area contributed by atoms with Gasteiger partial charge in [0.2, 0.25) is 0 Å². The molecular formula is C14H23N3O2S. The first-order chi connectivity index (χ1) is 9.46. The third kappa shape index (κ3) is 3.01. The Hall–Kier alpha value is -1.01. The second-order valence-corrected chi connectivity index (χ2v) is 6.74. The zero-order valence-electron chi connectivity index (χ0n) is 12.6. The molecule has 0 bridgehead atoms. The van der Waals surface area contributed by atoms with Gasteiger partial charge < -0.3 is 10.1 Å². The maximum Gasteiger partial charge on any atom is 0.265 e. The molecular weight excluding hydrogens is 274 g/mol. The summed E-state index contributed by atoms with van der Waals surface area (Å²) in [6, 6.07) is 0.156. The zero-order chi connectivity index (χ0) is 14.8. The van der Waals surface area contributed by atoms with E-state index in [1.165, 1.54) is 0 Å². The molecule has 0 aliphatic heterocycles. The van der Waals surface area contributed by atoms with Crippen molar-refractivity contribution < 1.29 is 9.53 Å². The highest BCUT2D eigenvalue weighted by Gasteiger charge is 2.49. The highest BCUT2D eigenvalue weighted by atomic mass is 32.1. The predicted molar refractivity (Wildman–Crippen MR) is 78.9 cm³/mol. The molecule has 6 heteroatoms. The lowest BCUT2D eigenvalue weighted by molar-refractivity contribution is -0.115. The SMILES string of the molecule is CCCCO[C@H]1C[C@H](NC(=O)c2snnc2C)C1(C)C. The molecule has 0 radical (unpaired) electrons. The summed E-state index contributed by atoms with van der Waals surface area (Å²) in [6.45, 7) is 9.07. The number of carbonyl (C=O) groups is 1. The lowest BCUT2D eigenvalue weighted by Crippen LogP contribution is -2.62. The summed E-state index contributed by atoms with van der Waals surface area (Å²) in [6.07, 6.45) is 3.36. The Morgan fingerprint density at radius 2 is 2.30 bits per heavy atom. The maximum absolute atomic E-state index is 12.2. The van der Waals surface area contributed by atoms with E-state index in [-0.39, 0.29) is 23.5 Å². The molecule has 112 valence electrons. The molecule has 1 aliphatic carbocycles. The first-order valence-corrected chi connectivity index (χ1v) is 7.95. The molecule has 1 aromatic heterocycles. The minimum absolute atomic E-state index is 0.0184. The number of amides is 1. The summed E-state index contributed by atoms with van der Waals surface area (Å²) >= 11 is 1.15. The van der Waals surface area contributed by atoms with Gasteiger partial charge in [0.25, 0.3) is 5.91 Å². The summed E-state index contributed by atoms with van der Waals surface area (Å²) in [7, 11) is 0. The number of ether oxygens (including phenoxy) is 1. The van der Waals surface area contributed by atoms with Crippen LogP contribution in [0.5, 0.6) is 0 Å². The Morgan fingerprint density at radius 1 is 1.55 bits per heavy atom. The molecule has 1 aliphatic rings. The first-order valence-electron chi connectivity index (χ1n) is 7.18. The number of nitrogens with one attached hydrogen (secondary N) is 1. The van der Waals surface area contributed by atoms with E-state index in [0.717, 1.165) is 37.4 Å². The highest BCUT2D eigenvalue weighted by Crippen LogP contribution is 2.43. The van der Waals surface area contributed by atoms with Gasteiger partial charge in [-0.2, -0.15) is 0 Å². The van der Waals surface area contributed by atoms with Crippen molar-refractivity contribution in [2.45, 2.75) is 59.1 Å². The minimum Gasteiger partial charge on any atom is -0.378 e. The topological polar surface area (TPSA) is 64.1 Å². The summed E-state index contributed by atoms with van der Waals surface area (Å²) in [5.74, 6) is -0.0671. The van der Waals surface area contributed by atoms with Gasteiger partial charge in [0.05, 0.1) is 11.8 Å². The van der Waals surface area contributed by atoms with Crippen molar-refractivity contribution in [1.29, 1.82) is 0 Å². The molecule has 1 amide bonds. The summed E-state index contributed by atoms with van der Waals surface area (Å²) in [5.41, 5.74) is 0.676. The number of unbranched alkanes of at least 4 members (excludes halogenated alkanes) is 1.